The van der Waals surface area contributed by atoms with Crippen LogP contribution in [0.25, 0.3) is 0 Å². The highest BCUT2D eigenvalue weighted by molar-refractivity contribution is 8.15. The number of rotatable bonds is 4. The SMILES string of the molecule is Cc1cnc(C(=O)Cc2ccc(F)c([C@]3(C)CC(C)(C)SC(N)=N3)c2)cn1. The van der Waals surface area contributed by atoms with Gasteiger partial charge in [0.05, 0.1) is 17.4 Å². The molecule has 1 aliphatic rings. The number of carbonyl (C=O) groups excluding carboxylic acids is 1. The van der Waals surface area contributed by atoms with E-state index in [4.69, 9.17) is 5.73 Å². The maximum Gasteiger partial charge on any atom is 0.187 e. The molecule has 1 aromatic heterocycles. The van der Waals surface area contributed by atoms with Gasteiger partial charge >= 0.3 is 0 Å². The molecule has 0 bridgehead atoms. The quantitative estimate of drug-likeness (QED) is 0.809. The smallest absolute Gasteiger partial charge is 0.187 e. The minimum atomic E-state index is -0.772. The van der Waals surface area contributed by atoms with Gasteiger partial charge in [0.2, 0.25) is 0 Å². The number of nitrogens with two attached hydrogens (primary N) is 1. The van der Waals surface area contributed by atoms with Crippen LogP contribution in [0.4, 0.5) is 4.39 Å². The highest BCUT2D eigenvalue weighted by atomic mass is 32.2. The number of halogens is 1. The van der Waals surface area contributed by atoms with Gasteiger partial charge in [-0.3, -0.25) is 14.8 Å². The van der Waals surface area contributed by atoms with E-state index < -0.39 is 5.54 Å². The van der Waals surface area contributed by atoms with Crippen molar-refractivity contribution in [2.75, 3.05) is 0 Å². The highest BCUT2D eigenvalue weighted by Gasteiger charge is 2.40. The normalized spacial score (nSPS) is 21.6. The van der Waals surface area contributed by atoms with Crippen LogP contribution in [-0.2, 0) is 12.0 Å². The van der Waals surface area contributed by atoms with Gasteiger partial charge in [-0.25, -0.2) is 9.37 Å². The number of benzene rings is 1. The Morgan fingerprint density at radius 3 is 2.63 bits per heavy atom. The molecule has 0 unspecified atom stereocenters. The van der Waals surface area contributed by atoms with Crippen molar-refractivity contribution in [2.24, 2.45) is 10.7 Å². The first-order chi connectivity index (χ1) is 12.6. The number of aromatic nitrogens is 2. The zero-order chi connectivity index (χ0) is 19.8. The van der Waals surface area contributed by atoms with Crippen molar-refractivity contribution < 1.29 is 9.18 Å². The minimum Gasteiger partial charge on any atom is -0.378 e. The summed E-state index contributed by atoms with van der Waals surface area (Å²) in [5.74, 6) is -0.504. The summed E-state index contributed by atoms with van der Waals surface area (Å²) >= 11 is 1.50. The van der Waals surface area contributed by atoms with Crippen LogP contribution in [0.3, 0.4) is 0 Å². The van der Waals surface area contributed by atoms with Crippen molar-refractivity contribution in [3.05, 3.63) is 58.9 Å². The van der Waals surface area contributed by atoms with Gasteiger partial charge in [0, 0.05) is 22.9 Å². The number of nitrogens with zero attached hydrogens (tertiary/aromatic N) is 3. The van der Waals surface area contributed by atoms with Crippen LogP contribution in [0.5, 0.6) is 0 Å². The zero-order valence-corrected chi connectivity index (χ0v) is 16.7. The van der Waals surface area contributed by atoms with E-state index in [9.17, 15) is 9.18 Å². The molecule has 5 nitrogen and oxygen atoms in total. The van der Waals surface area contributed by atoms with Gasteiger partial charge in [-0.1, -0.05) is 31.7 Å². The fourth-order valence-corrected chi connectivity index (χ4v) is 4.68. The van der Waals surface area contributed by atoms with E-state index in [1.165, 1.54) is 24.0 Å². The number of Topliss-reactive ketones (excluding diaryl/α,β-unsaturated/α-hetero) is 1. The monoisotopic (exact) mass is 386 g/mol. The third-order valence-corrected chi connectivity index (χ3v) is 5.55. The van der Waals surface area contributed by atoms with E-state index in [0.29, 0.717) is 28.4 Å². The number of hydrogen-bond acceptors (Lipinski definition) is 6. The van der Waals surface area contributed by atoms with E-state index in [1.54, 1.807) is 18.3 Å². The van der Waals surface area contributed by atoms with E-state index in [-0.39, 0.29) is 22.8 Å². The van der Waals surface area contributed by atoms with Gasteiger partial charge < -0.3 is 5.73 Å². The van der Waals surface area contributed by atoms with E-state index in [1.807, 2.05) is 13.8 Å². The Morgan fingerprint density at radius 2 is 2.00 bits per heavy atom. The number of aliphatic imine (C=N–C) groups is 1. The van der Waals surface area contributed by atoms with Crippen LogP contribution in [0, 0.1) is 12.7 Å². The molecule has 7 heteroatoms. The lowest BCUT2D eigenvalue weighted by molar-refractivity contribution is 0.0987. The molecule has 0 radical (unpaired) electrons. The summed E-state index contributed by atoms with van der Waals surface area (Å²) in [7, 11) is 0. The van der Waals surface area contributed by atoms with Crippen molar-refractivity contribution in [1.29, 1.82) is 0 Å². The summed E-state index contributed by atoms with van der Waals surface area (Å²) in [4.78, 5) is 25.2. The Morgan fingerprint density at radius 1 is 1.26 bits per heavy atom. The summed E-state index contributed by atoms with van der Waals surface area (Å²) < 4.78 is 14.5. The maximum absolute atomic E-state index is 14.7. The molecule has 1 aromatic carbocycles. The largest absolute Gasteiger partial charge is 0.378 e. The van der Waals surface area contributed by atoms with Crippen LogP contribution in [0.1, 0.15) is 54.5 Å². The molecule has 1 aliphatic heterocycles. The third kappa shape index (κ3) is 4.35. The lowest BCUT2D eigenvalue weighted by atomic mass is 9.82. The molecule has 2 heterocycles. The van der Waals surface area contributed by atoms with Gasteiger partial charge in [0.25, 0.3) is 0 Å². The van der Waals surface area contributed by atoms with Crippen LogP contribution < -0.4 is 5.73 Å². The van der Waals surface area contributed by atoms with Crippen LogP contribution >= 0.6 is 11.8 Å². The van der Waals surface area contributed by atoms with Gasteiger partial charge in [0.15, 0.2) is 11.0 Å². The zero-order valence-electron chi connectivity index (χ0n) is 15.9. The second kappa shape index (κ2) is 7.03. The molecule has 27 heavy (non-hydrogen) atoms. The Balaban J connectivity index is 1.92. The Labute approximate surface area is 162 Å². The van der Waals surface area contributed by atoms with Crippen molar-refractivity contribution in [2.45, 2.75) is 50.8 Å². The highest BCUT2D eigenvalue weighted by Crippen LogP contribution is 2.45. The average Bonchev–Trinajstić information content (AvgIpc) is 2.54. The molecule has 2 aromatic rings. The van der Waals surface area contributed by atoms with Crippen LogP contribution in [0.15, 0.2) is 35.6 Å². The van der Waals surface area contributed by atoms with E-state index >= 15 is 0 Å². The molecule has 0 fully saturated rings. The summed E-state index contributed by atoms with van der Waals surface area (Å²) in [6.07, 6.45) is 3.79. The van der Waals surface area contributed by atoms with Crippen LogP contribution in [0.2, 0.25) is 0 Å². The van der Waals surface area contributed by atoms with Gasteiger partial charge in [-0.2, -0.15) is 0 Å². The van der Waals surface area contributed by atoms with Crippen LogP contribution in [-0.4, -0.2) is 25.7 Å². The summed E-state index contributed by atoms with van der Waals surface area (Å²) in [6, 6.07) is 4.74. The predicted octanol–water partition coefficient (Wildman–Crippen LogP) is 3.79. The molecule has 2 N–H and O–H groups in total. The molecular weight excluding hydrogens is 363 g/mol. The second-order valence-corrected chi connectivity index (χ2v) is 9.45. The van der Waals surface area contributed by atoms with Gasteiger partial charge in [-0.05, 0) is 38.0 Å². The van der Waals surface area contributed by atoms with Crippen molar-refractivity contribution in [3.8, 4) is 0 Å². The van der Waals surface area contributed by atoms with Crippen molar-refractivity contribution in [1.82, 2.24) is 9.97 Å². The van der Waals surface area contributed by atoms with E-state index in [0.717, 1.165) is 5.69 Å². The summed E-state index contributed by atoms with van der Waals surface area (Å²) in [6.45, 7) is 7.83. The first kappa shape index (κ1) is 19.5. The summed E-state index contributed by atoms with van der Waals surface area (Å²) in [5.41, 5.74) is 7.45. The molecule has 3 rings (SSSR count). The fraction of sp³-hybridized carbons (Fsp3) is 0.400. The standard InChI is InChI=1S/C20H23FN4OS/c1-12-9-24-16(10-23-12)17(26)8-13-5-6-15(21)14(7-13)20(4)11-19(2,3)27-18(22)25-20/h5-7,9-10H,8,11H2,1-4H3,(H2,22,25)/t20-/m0/s1. The van der Waals surface area contributed by atoms with Gasteiger partial charge in [-0.15, -0.1) is 0 Å². The number of carbonyl (C=O) groups is 1. The number of hydrogen-bond donors (Lipinski definition) is 1. The summed E-state index contributed by atoms with van der Waals surface area (Å²) in [5, 5.41) is 0.449. The Kier molecular flexibility index (Phi) is 5.08. The lowest BCUT2D eigenvalue weighted by Crippen LogP contribution is -2.38. The molecule has 0 amide bonds. The lowest BCUT2D eigenvalue weighted by Gasteiger charge is -2.39. The minimum absolute atomic E-state index is 0.123. The van der Waals surface area contributed by atoms with Gasteiger partial charge in [0.1, 0.15) is 11.5 Å². The maximum atomic E-state index is 14.7. The molecule has 0 aliphatic carbocycles. The second-order valence-electron chi connectivity index (χ2n) is 7.72. The number of aryl methyl sites for hydroxylation is 1. The number of thioether (sulfide) groups is 1. The predicted molar refractivity (Wildman–Crippen MR) is 106 cm³/mol. The molecular formula is C20H23FN4OS. The first-order valence-electron chi connectivity index (χ1n) is 8.73. The van der Waals surface area contributed by atoms with E-state index in [2.05, 4.69) is 28.8 Å². The van der Waals surface area contributed by atoms with Crippen molar-refractivity contribution in [3.63, 3.8) is 0 Å². The Bertz CT molecular complexity index is 911. The Hall–Kier alpha value is -2.28. The number of ketones is 1. The molecule has 142 valence electrons. The average molecular weight is 386 g/mol. The topological polar surface area (TPSA) is 81.2 Å². The van der Waals surface area contributed by atoms with Crippen molar-refractivity contribution >= 4 is 22.7 Å². The molecule has 0 saturated heterocycles. The molecule has 0 saturated carbocycles. The molecule has 1 atom stereocenters. The third-order valence-electron chi connectivity index (χ3n) is 4.55. The first-order valence-corrected chi connectivity index (χ1v) is 9.55. The fourth-order valence-electron chi connectivity index (χ4n) is 3.52. The molecule has 0 spiro atoms. The number of amidine groups is 1.